The molecule has 0 bridgehead atoms. The lowest BCUT2D eigenvalue weighted by Crippen LogP contribution is -2.30. The number of fused-ring (bicyclic) bond motifs is 1. The van der Waals surface area contributed by atoms with E-state index < -0.39 is 5.82 Å². The Balaban J connectivity index is 1.96. The number of hydrogen-bond acceptors (Lipinski definition) is 6. The van der Waals surface area contributed by atoms with Crippen molar-refractivity contribution in [1.29, 1.82) is 5.41 Å². The van der Waals surface area contributed by atoms with Crippen LogP contribution in [0.4, 0.5) is 4.39 Å². The molecule has 0 spiro atoms. The third-order valence-electron chi connectivity index (χ3n) is 5.86. The van der Waals surface area contributed by atoms with Crippen LogP contribution in [0.2, 0.25) is 0 Å². The zero-order valence-electron chi connectivity index (χ0n) is 22.5. The molecule has 0 saturated heterocycles. The summed E-state index contributed by atoms with van der Waals surface area (Å²) in [5.41, 5.74) is 1.72. The number of ketones is 1. The third-order valence-corrected chi connectivity index (χ3v) is 5.86. The maximum absolute atomic E-state index is 15.4. The highest BCUT2D eigenvalue weighted by molar-refractivity contribution is 6.06. The number of nitrogens with one attached hydrogen (secondary N) is 1. The Morgan fingerprint density at radius 2 is 1.75 bits per heavy atom. The molecule has 0 aliphatic carbocycles. The monoisotopic (exact) mass is 500 g/mol. The van der Waals surface area contributed by atoms with Crippen LogP contribution in [0.3, 0.4) is 0 Å². The Labute approximate surface area is 213 Å². The van der Waals surface area contributed by atoms with Gasteiger partial charge < -0.3 is 23.8 Å². The van der Waals surface area contributed by atoms with Crippen LogP contribution in [0.5, 0.6) is 23.0 Å². The first-order chi connectivity index (χ1) is 16.9. The summed E-state index contributed by atoms with van der Waals surface area (Å²) < 4.78 is 38.1. The smallest absolute Gasteiger partial charge is 0.197 e. The summed E-state index contributed by atoms with van der Waals surface area (Å²) in [6, 6.07) is 5.21. The van der Waals surface area contributed by atoms with Crippen molar-refractivity contribution >= 4 is 11.6 Å². The zero-order chi connectivity index (χ0) is 26.8. The van der Waals surface area contributed by atoms with Gasteiger partial charge in [-0.1, -0.05) is 20.8 Å². The predicted molar refractivity (Wildman–Crippen MR) is 138 cm³/mol. The summed E-state index contributed by atoms with van der Waals surface area (Å²) in [5.74, 6) is 0.506. The molecule has 0 unspecified atom stereocenters. The number of rotatable bonds is 10. The first-order valence-corrected chi connectivity index (χ1v) is 12.3. The number of carbonyl (C=O) groups is 1. The zero-order valence-corrected chi connectivity index (χ0v) is 22.5. The van der Waals surface area contributed by atoms with E-state index >= 15 is 4.39 Å². The second-order valence-electron chi connectivity index (χ2n) is 10.0. The largest absolute Gasteiger partial charge is 0.493 e. The van der Waals surface area contributed by atoms with Gasteiger partial charge in [0.15, 0.2) is 34.6 Å². The first kappa shape index (κ1) is 27.3. The van der Waals surface area contributed by atoms with E-state index in [4.69, 9.17) is 24.4 Å². The average molecular weight is 501 g/mol. The van der Waals surface area contributed by atoms with Gasteiger partial charge in [0.2, 0.25) is 0 Å². The molecule has 1 N–H and O–H groups in total. The first-order valence-electron chi connectivity index (χ1n) is 12.3. The minimum Gasteiger partial charge on any atom is -0.493 e. The summed E-state index contributed by atoms with van der Waals surface area (Å²) in [7, 11) is 1.59. The fourth-order valence-corrected chi connectivity index (χ4v) is 4.30. The lowest BCUT2D eigenvalue weighted by Gasteiger charge is -2.26. The number of hydrogen-bond donors (Lipinski definition) is 1. The van der Waals surface area contributed by atoms with Crippen molar-refractivity contribution in [1.82, 2.24) is 4.90 Å². The summed E-state index contributed by atoms with van der Waals surface area (Å²) in [6.45, 7) is 14.3. The van der Waals surface area contributed by atoms with E-state index in [9.17, 15) is 4.79 Å². The lowest BCUT2D eigenvalue weighted by molar-refractivity contribution is 0.0961. The van der Waals surface area contributed by atoms with Gasteiger partial charge in [-0.3, -0.25) is 10.2 Å². The SMILES string of the molecule is CCOc1cc2c(c(F)c1OCC)C(=N)N(CC(=O)c1cc(OC(C)C)c(OC)c(C(C)(C)C)c1)C2. The molecule has 0 atom stereocenters. The van der Waals surface area contributed by atoms with Crippen molar-refractivity contribution in [2.45, 2.75) is 66.5 Å². The van der Waals surface area contributed by atoms with Crippen LogP contribution in [-0.2, 0) is 12.0 Å². The van der Waals surface area contributed by atoms with Crippen LogP contribution in [0.15, 0.2) is 18.2 Å². The van der Waals surface area contributed by atoms with Gasteiger partial charge in [-0.05, 0) is 56.9 Å². The molecule has 8 heteroatoms. The summed E-state index contributed by atoms with van der Waals surface area (Å²) >= 11 is 0. The van der Waals surface area contributed by atoms with Crippen molar-refractivity contribution in [2.75, 3.05) is 26.9 Å². The van der Waals surface area contributed by atoms with Gasteiger partial charge >= 0.3 is 0 Å². The molecule has 1 heterocycles. The van der Waals surface area contributed by atoms with Crippen molar-refractivity contribution in [3.63, 3.8) is 0 Å². The van der Waals surface area contributed by atoms with E-state index in [1.807, 2.05) is 47.6 Å². The highest BCUT2D eigenvalue weighted by Crippen LogP contribution is 2.41. The molecule has 3 rings (SSSR count). The van der Waals surface area contributed by atoms with Gasteiger partial charge in [0.25, 0.3) is 0 Å². The van der Waals surface area contributed by atoms with Gasteiger partial charge in [-0.2, -0.15) is 0 Å². The minimum atomic E-state index is -0.634. The highest BCUT2D eigenvalue weighted by atomic mass is 19.1. The number of Topliss-reactive ketones (excluding diaryl/α,β-unsaturated/α-hetero) is 1. The number of methoxy groups -OCH3 is 1. The minimum absolute atomic E-state index is 0.00326. The molecule has 1 aliphatic rings. The summed E-state index contributed by atoms with van der Waals surface area (Å²) in [4.78, 5) is 15.0. The second-order valence-corrected chi connectivity index (χ2v) is 10.0. The van der Waals surface area contributed by atoms with Crippen LogP contribution in [0.1, 0.15) is 75.5 Å². The van der Waals surface area contributed by atoms with Crippen LogP contribution in [0, 0.1) is 11.2 Å². The van der Waals surface area contributed by atoms with Crippen molar-refractivity contribution in [3.05, 3.63) is 46.3 Å². The molecule has 0 amide bonds. The van der Waals surface area contributed by atoms with E-state index in [1.54, 1.807) is 31.1 Å². The molecule has 196 valence electrons. The number of halogens is 1. The quantitative estimate of drug-likeness (QED) is 0.419. The molecule has 0 fully saturated rings. The molecule has 0 saturated carbocycles. The standard InChI is InChI=1S/C28H37FN2O5/c1-9-34-21-13-18-14-31(27(30)23(18)24(29)26(21)35-10-2)15-20(32)17-11-19(28(5,6)7)25(33-8)22(12-17)36-16(3)4/h11-13,16,30H,9-10,14-15H2,1-8H3. The topological polar surface area (TPSA) is 81.1 Å². The molecule has 36 heavy (non-hydrogen) atoms. The normalized spacial score (nSPS) is 13.2. The second kappa shape index (κ2) is 10.8. The third kappa shape index (κ3) is 5.42. The summed E-state index contributed by atoms with van der Waals surface area (Å²) in [5, 5.41) is 8.62. The molecule has 0 aromatic heterocycles. The van der Waals surface area contributed by atoms with Gasteiger partial charge in [-0.25, -0.2) is 4.39 Å². The van der Waals surface area contributed by atoms with Gasteiger partial charge in [0, 0.05) is 17.7 Å². The highest BCUT2D eigenvalue weighted by Gasteiger charge is 2.33. The number of ether oxygens (including phenoxy) is 4. The van der Waals surface area contributed by atoms with Gasteiger partial charge in [0.05, 0.1) is 38.5 Å². The van der Waals surface area contributed by atoms with Crippen LogP contribution >= 0.6 is 0 Å². The Morgan fingerprint density at radius 1 is 1.08 bits per heavy atom. The molecular weight excluding hydrogens is 463 g/mol. The van der Waals surface area contributed by atoms with Crippen LogP contribution in [-0.4, -0.2) is 49.5 Å². The Kier molecular flexibility index (Phi) is 8.16. The maximum atomic E-state index is 15.4. The Hall–Kier alpha value is -3.29. The molecule has 1 aliphatic heterocycles. The Morgan fingerprint density at radius 3 is 2.31 bits per heavy atom. The van der Waals surface area contributed by atoms with E-state index in [-0.39, 0.29) is 54.1 Å². The van der Waals surface area contributed by atoms with E-state index in [2.05, 4.69) is 0 Å². The predicted octanol–water partition coefficient (Wildman–Crippen LogP) is 5.74. The number of nitrogens with zero attached hydrogens (tertiary/aromatic N) is 1. The van der Waals surface area contributed by atoms with Gasteiger partial charge in [0.1, 0.15) is 5.84 Å². The average Bonchev–Trinajstić information content (AvgIpc) is 3.09. The lowest BCUT2D eigenvalue weighted by atomic mass is 9.84. The molecule has 0 radical (unpaired) electrons. The van der Waals surface area contributed by atoms with Crippen molar-refractivity contribution in [3.8, 4) is 23.0 Å². The molecule has 7 nitrogen and oxygen atoms in total. The van der Waals surface area contributed by atoms with E-state index in [0.29, 0.717) is 35.0 Å². The van der Waals surface area contributed by atoms with Crippen LogP contribution < -0.4 is 18.9 Å². The maximum Gasteiger partial charge on any atom is 0.197 e. The van der Waals surface area contributed by atoms with E-state index in [0.717, 1.165) is 5.56 Å². The molecule has 2 aromatic rings. The molecule has 2 aromatic carbocycles. The fraction of sp³-hybridized carbons (Fsp3) is 0.500. The molecular formula is C28H37FN2O5. The van der Waals surface area contributed by atoms with Crippen molar-refractivity contribution in [2.24, 2.45) is 0 Å². The Bertz CT molecular complexity index is 1150. The summed E-state index contributed by atoms with van der Waals surface area (Å²) in [6.07, 6.45) is -0.111. The van der Waals surface area contributed by atoms with Crippen molar-refractivity contribution < 1.29 is 28.1 Å². The van der Waals surface area contributed by atoms with Gasteiger partial charge in [-0.15, -0.1) is 0 Å². The number of amidine groups is 1. The van der Waals surface area contributed by atoms with Crippen LogP contribution in [0.25, 0.3) is 0 Å². The fourth-order valence-electron chi connectivity index (χ4n) is 4.30. The number of benzene rings is 2. The van der Waals surface area contributed by atoms with E-state index in [1.165, 1.54) is 0 Å². The number of carbonyl (C=O) groups excluding carboxylic acids is 1.